The van der Waals surface area contributed by atoms with Gasteiger partial charge in [0.25, 0.3) is 17.4 Å². The number of furan rings is 1. The highest BCUT2D eigenvalue weighted by atomic mass is 16.3. The number of aryl methyl sites for hydroxylation is 2. The molecule has 0 saturated heterocycles. The van der Waals surface area contributed by atoms with Gasteiger partial charge in [0.05, 0.1) is 17.5 Å². The minimum absolute atomic E-state index is 0.0841. The average molecular weight is 365 g/mol. The first kappa shape index (κ1) is 18.2. The molecule has 0 unspecified atom stereocenters. The number of rotatable bonds is 5. The molecule has 3 N–H and O–H groups in total. The van der Waals surface area contributed by atoms with Gasteiger partial charge in [0.1, 0.15) is 0 Å². The van der Waals surface area contributed by atoms with Gasteiger partial charge in [-0.3, -0.25) is 14.4 Å². The van der Waals surface area contributed by atoms with E-state index in [4.69, 9.17) is 4.42 Å². The molecule has 7 nitrogen and oxygen atoms in total. The number of H-pyrrole nitrogens is 1. The number of carbonyl (C=O) groups excluding carboxylic acids is 2. The van der Waals surface area contributed by atoms with E-state index in [0.717, 1.165) is 11.3 Å². The van der Waals surface area contributed by atoms with Crippen LogP contribution in [0.2, 0.25) is 0 Å². The molecular weight excluding hydrogens is 346 g/mol. The highest BCUT2D eigenvalue weighted by Gasteiger charge is 2.16. The Labute approximate surface area is 155 Å². The summed E-state index contributed by atoms with van der Waals surface area (Å²) in [4.78, 5) is 39.6. The van der Waals surface area contributed by atoms with Crippen LogP contribution in [0.1, 0.15) is 37.7 Å². The predicted octanol–water partition coefficient (Wildman–Crippen LogP) is 2.77. The van der Waals surface area contributed by atoms with Crippen molar-refractivity contribution in [1.82, 2.24) is 10.3 Å². The number of nitrogens with one attached hydrogen (secondary N) is 3. The van der Waals surface area contributed by atoms with Gasteiger partial charge in [-0.2, -0.15) is 0 Å². The third-order valence-corrected chi connectivity index (χ3v) is 4.08. The van der Waals surface area contributed by atoms with E-state index < -0.39 is 11.8 Å². The van der Waals surface area contributed by atoms with Gasteiger partial charge < -0.3 is 20.0 Å². The summed E-state index contributed by atoms with van der Waals surface area (Å²) >= 11 is 0. The lowest BCUT2D eigenvalue weighted by Gasteiger charge is -2.12. The molecule has 2 amide bonds. The van der Waals surface area contributed by atoms with Gasteiger partial charge in [0, 0.05) is 17.8 Å². The van der Waals surface area contributed by atoms with Crippen LogP contribution in [-0.4, -0.2) is 16.8 Å². The van der Waals surface area contributed by atoms with Crippen molar-refractivity contribution >= 4 is 17.5 Å². The topological polar surface area (TPSA) is 104 Å². The summed E-state index contributed by atoms with van der Waals surface area (Å²) in [5.74, 6) is -0.706. The Morgan fingerprint density at radius 2 is 1.85 bits per heavy atom. The van der Waals surface area contributed by atoms with Crippen LogP contribution in [0.5, 0.6) is 0 Å². The minimum atomic E-state index is -0.453. The number of pyridine rings is 1. The van der Waals surface area contributed by atoms with Gasteiger partial charge in [-0.1, -0.05) is 12.1 Å². The first-order valence-corrected chi connectivity index (χ1v) is 8.37. The third kappa shape index (κ3) is 4.14. The number of benzene rings is 1. The molecule has 138 valence electrons. The second kappa shape index (κ2) is 7.74. The quantitative estimate of drug-likeness (QED) is 0.647. The SMILES string of the molecule is Cc1cc(C)c(CNC(=O)c2ccccc2NC(=O)c2ccco2)c(=O)[nH]1. The van der Waals surface area contributed by atoms with E-state index in [1.165, 1.54) is 12.3 Å². The van der Waals surface area contributed by atoms with Crippen molar-refractivity contribution in [3.05, 3.63) is 87.2 Å². The third-order valence-electron chi connectivity index (χ3n) is 4.08. The molecule has 2 aromatic heterocycles. The molecule has 0 aliphatic rings. The number of aromatic amines is 1. The van der Waals surface area contributed by atoms with Crippen molar-refractivity contribution in [2.75, 3.05) is 5.32 Å². The lowest BCUT2D eigenvalue weighted by molar-refractivity contribution is 0.0951. The standard InChI is InChI=1S/C20H19N3O4/c1-12-10-13(2)22-19(25)15(12)11-21-18(24)14-6-3-4-7-16(14)23-20(26)17-8-5-9-27-17/h3-10H,11H2,1-2H3,(H,21,24)(H,22,25)(H,23,26). The first-order valence-electron chi connectivity index (χ1n) is 8.37. The van der Waals surface area contributed by atoms with E-state index in [1.54, 1.807) is 37.3 Å². The summed E-state index contributed by atoms with van der Waals surface area (Å²) < 4.78 is 5.06. The highest BCUT2D eigenvalue weighted by Crippen LogP contribution is 2.17. The summed E-state index contributed by atoms with van der Waals surface area (Å²) in [6.07, 6.45) is 1.40. The van der Waals surface area contributed by atoms with Gasteiger partial charge >= 0.3 is 0 Å². The number of hydrogen-bond donors (Lipinski definition) is 3. The van der Waals surface area contributed by atoms with E-state index in [0.29, 0.717) is 16.8 Å². The summed E-state index contributed by atoms with van der Waals surface area (Å²) in [5.41, 5.74) is 2.47. The Bertz CT molecular complexity index is 1040. The fourth-order valence-electron chi connectivity index (χ4n) is 2.75. The Hall–Kier alpha value is -3.61. The first-order chi connectivity index (χ1) is 13.0. The molecule has 0 aliphatic carbocycles. The number of carbonyl (C=O) groups is 2. The fourth-order valence-corrected chi connectivity index (χ4v) is 2.75. The van der Waals surface area contributed by atoms with Crippen LogP contribution in [0, 0.1) is 13.8 Å². The van der Waals surface area contributed by atoms with E-state index in [-0.39, 0.29) is 17.9 Å². The normalized spacial score (nSPS) is 10.4. The molecular formula is C20H19N3O4. The summed E-state index contributed by atoms with van der Waals surface area (Å²) in [7, 11) is 0. The average Bonchev–Trinajstić information content (AvgIpc) is 3.16. The second-order valence-corrected chi connectivity index (χ2v) is 6.10. The Morgan fingerprint density at radius 3 is 2.56 bits per heavy atom. The van der Waals surface area contributed by atoms with Crippen molar-refractivity contribution in [1.29, 1.82) is 0 Å². The van der Waals surface area contributed by atoms with Crippen molar-refractivity contribution in [3.8, 4) is 0 Å². The maximum atomic E-state index is 12.6. The number of hydrogen-bond acceptors (Lipinski definition) is 4. The lowest BCUT2D eigenvalue weighted by atomic mass is 10.1. The van der Waals surface area contributed by atoms with Gasteiger partial charge in [-0.05, 0) is 49.7 Å². The van der Waals surface area contributed by atoms with Gasteiger partial charge in [-0.25, -0.2) is 0 Å². The molecule has 3 rings (SSSR count). The fraction of sp³-hybridized carbons (Fsp3) is 0.150. The van der Waals surface area contributed by atoms with E-state index in [9.17, 15) is 14.4 Å². The zero-order valence-electron chi connectivity index (χ0n) is 15.0. The second-order valence-electron chi connectivity index (χ2n) is 6.10. The van der Waals surface area contributed by atoms with Crippen LogP contribution in [0.25, 0.3) is 0 Å². The Kier molecular flexibility index (Phi) is 5.21. The maximum Gasteiger partial charge on any atom is 0.291 e. The molecule has 2 heterocycles. The van der Waals surface area contributed by atoms with Crippen LogP contribution < -0.4 is 16.2 Å². The van der Waals surface area contributed by atoms with Gasteiger partial charge in [-0.15, -0.1) is 0 Å². The summed E-state index contributed by atoms with van der Waals surface area (Å²) in [6, 6.07) is 11.6. The molecule has 0 bridgehead atoms. The number of anilines is 1. The maximum absolute atomic E-state index is 12.6. The van der Waals surface area contributed by atoms with Crippen molar-refractivity contribution in [2.24, 2.45) is 0 Å². The minimum Gasteiger partial charge on any atom is -0.459 e. The highest BCUT2D eigenvalue weighted by molar-refractivity contribution is 6.07. The number of amides is 2. The molecule has 0 radical (unpaired) electrons. The summed E-state index contributed by atoms with van der Waals surface area (Å²) in [5, 5.41) is 5.39. The molecule has 0 atom stereocenters. The zero-order chi connectivity index (χ0) is 19.4. The smallest absolute Gasteiger partial charge is 0.291 e. The number of para-hydroxylation sites is 1. The molecule has 7 heteroatoms. The van der Waals surface area contributed by atoms with Crippen LogP contribution in [-0.2, 0) is 6.54 Å². The monoisotopic (exact) mass is 365 g/mol. The molecule has 27 heavy (non-hydrogen) atoms. The number of aromatic nitrogens is 1. The summed E-state index contributed by atoms with van der Waals surface area (Å²) in [6.45, 7) is 3.71. The van der Waals surface area contributed by atoms with Crippen LogP contribution in [0.3, 0.4) is 0 Å². The molecule has 3 aromatic rings. The van der Waals surface area contributed by atoms with Crippen LogP contribution in [0.4, 0.5) is 5.69 Å². The molecule has 1 aromatic carbocycles. The van der Waals surface area contributed by atoms with Crippen molar-refractivity contribution in [2.45, 2.75) is 20.4 Å². The molecule has 0 saturated carbocycles. The zero-order valence-corrected chi connectivity index (χ0v) is 15.0. The van der Waals surface area contributed by atoms with Crippen molar-refractivity contribution in [3.63, 3.8) is 0 Å². The van der Waals surface area contributed by atoms with Crippen molar-refractivity contribution < 1.29 is 14.0 Å². The largest absolute Gasteiger partial charge is 0.459 e. The Morgan fingerprint density at radius 1 is 1.07 bits per heavy atom. The van der Waals surface area contributed by atoms with Gasteiger partial charge in [0.15, 0.2) is 5.76 Å². The van der Waals surface area contributed by atoms with Crippen LogP contribution >= 0.6 is 0 Å². The predicted molar refractivity (Wildman–Crippen MR) is 101 cm³/mol. The van der Waals surface area contributed by atoms with E-state index >= 15 is 0 Å². The molecule has 0 fully saturated rings. The molecule has 0 spiro atoms. The Balaban J connectivity index is 1.76. The molecule has 0 aliphatic heterocycles. The van der Waals surface area contributed by atoms with E-state index in [1.807, 2.05) is 13.0 Å². The van der Waals surface area contributed by atoms with Crippen LogP contribution in [0.15, 0.2) is 57.9 Å². The van der Waals surface area contributed by atoms with E-state index in [2.05, 4.69) is 15.6 Å². The van der Waals surface area contributed by atoms with Gasteiger partial charge in [0.2, 0.25) is 0 Å². The lowest BCUT2D eigenvalue weighted by Crippen LogP contribution is -2.28.